The van der Waals surface area contributed by atoms with Crippen molar-refractivity contribution in [1.82, 2.24) is 4.90 Å². The molecule has 0 aromatic rings. The molecule has 1 amide bonds. The highest BCUT2D eigenvalue weighted by atomic mass is 16.2. The van der Waals surface area contributed by atoms with E-state index in [9.17, 15) is 4.79 Å². The van der Waals surface area contributed by atoms with Crippen LogP contribution in [0, 0.1) is 11.8 Å². The molecule has 2 N–H and O–H groups in total. The van der Waals surface area contributed by atoms with Gasteiger partial charge in [0.05, 0.1) is 5.92 Å². The van der Waals surface area contributed by atoms with Gasteiger partial charge in [0.2, 0.25) is 5.91 Å². The van der Waals surface area contributed by atoms with Crippen LogP contribution in [0.2, 0.25) is 0 Å². The van der Waals surface area contributed by atoms with E-state index < -0.39 is 0 Å². The Bertz CT molecular complexity index is 222. The van der Waals surface area contributed by atoms with Gasteiger partial charge in [0.1, 0.15) is 0 Å². The maximum atomic E-state index is 12.4. The Hall–Kier alpha value is -0.570. The molecule has 1 saturated carbocycles. The average Bonchev–Trinajstić information content (AvgIpc) is 2.72. The van der Waals surface area contributed by atoms with Crippen molar-refractivity contribution in [1.29, 1.82) is 0 Å². The van der Waals surface area contributed by atoms with Gasteiger partial charge in [-0.15, -0.1) is 0 Å². The van der Waals surface area contributed by atoms with Crippen LogP contribution in [0.1, 0.15) is 46.5 Å². The van der Waals surface area contributed by atoms with Crippen LogP contribution in [0.3, 0.4) is 0 Å². The van der Waals surface area contributed by atoms with Crippen LogP contribution in [0.15, 0.2) is 0 Å². The van der Waals surface area contributed by atoms with E-state index in [4.69, 9.17) is 5.73 Å². The SMILES string of the molecule is CCN(C(=O)C(CN)C(C)C)C1CCCC1. The molecular formula is C13H26N2O. The molecule has 1 aliphatic carbocycles. The third kappa shape index (κ3) is 2.97. The molecule has 1 atom stereocenters. The molecule has 0 saturated heterocycles. The molecule has 1 unspecified atom stereocenters. The molecule has 0 radical (unpaired) electrons. The minimum atomic E-state index is 0.000509. The first-order valence-electron chi connectivity index (χ1n) is 6.62. The van der Waals surface area contributed by atoms with Crippen molar-refractivity contribution in [2.24, 2.45) is 17.6 Å². The first-order chi connectivity index (χ1) is 7.61. The zero-order valence-corrected chi connectivity index (χ0v) is 10.9. The normalized spacial score (nSPS) is 19.1. The Kier molecular flexibility index (Phi) is 5.26. The summed E-state index contributed by atoms with van der Waals surface area (Å²) in [7, 11) is 0. The number of hydrogen-bond donors (Lipinski definition) is 1. The number of nitrogens with two attached hydrogens (primary N) is 1. The van der Waals surface area contributed by atoms with E-state index in [-0.39, 0.29) is 11.8 Å². The second kappa shape index (κ2) is 6.24. The van der Waals surface area contributed by atoms with Gasteiger partial charge >= 0.3 is 0 Å². The number of nitrogens with zero attached hydrogens (tertiary/aromatic N) is 1. The first kappa shape index (κ1) is 13.5. The lowest BCUT2D eigenvalue weighted by Gasteiger charge is -2.32. The fourth-order valence-electron chi connectivity index (χ4n) is 2.68. The molecule has 0 aromatic carbocycles. The van der Waals surface area contributed by atoms with E-state index in [0.717, 1.165) is 6.54 Å². The third-order valence-corrected chi connectivity index (χ3v) is 3.77. The highest BCUT2D eigenvalue weighted by Gasteiger charge is 2.30. The molecule has 1 rings (SSSR count). The Labute approximate surface area is 99.4 Å². The van der Waals surface area contributed by atoms with Crippen molar-refractivity contribution in [3.05, 3.63) is 0 Å². The van der Waals surface area contributed by atoms with Gasteiger partial charge in [-0.05, 0) is 25.7 Å². The Morgan fingerprint density at radius 2 is 1.94 bits per heavy atom. The smallest absolute Gasteiger partial charge is 0.227 e. The fourth-order valence-corrected chi connectivity index (χ4v) is 2.68. The van der Waals surface area contributed by atoms with Gasteiger partial charge in [-0.3, -0.25) is 4.79 Å². The number of hydrogen-bond acceptors (Lipinski definition) is 2. The summed E-state index contributed by atoms with van der Waals surface area (Å²) in [6, 6.07) is 0.477. The van der Waals surface area contributed by atoms with E-state index in [1.54, 1.807) is 0 Å². The summed E-state index contributed by atoms with van der Waals surface area (Å²) in [5, 5.41) is 0. The predicted molar refractivity (Wildman–Crippen MR) is 67.0 cm³/mol. The second-order valence-corrected chi connectivity index (χ2v) is 5.15. The van der Waals surface area contributed by atoms with Crippen LogP contribution in [-0.2, 0) is 4.79 Å². The summed E-state index contributed by atoms with van der Waals surface area (Å²) in [6.07, 6.45) is 4.89. The maximum absolute atomic E-state index is 12.4. The molecule has 94 valence electrons. The van der Waals surface area contributed by atoms with Crippen molar-refractivity contribution in [3.8, 4) is 0 Å². The number of rotatable bonds is 5. The summed E-state index contributed by atoms with van der Waals surface area (Å²) in [6.45, 7) is 7.53. The van der Waals surface area contributed by atoms with E-state index in [1.165, 1.54) is 25.7 Å². The summed E-state index contributed by atoms with van der Waals surface area (Å²) in [5.41, 5.74) is 5.72. The van der Waals surface area contributed by atoms with Crippen LogP contribution < -0.4 is 5.73 Å². The highest BCUT2D eigenvalue weighted by Crippen LogP contribution is 2.25. The number of carbonyl (C=O) groups is 1. The fraction of sp³-hybridized carbons (Fsp3) is 0.923. The molecule has 0 aliphatic heterocycles. The lowest BCUT2D eigenvalue weighted by molar-refractivity contribution is -0.138. The van der Waals surface area contributed by atoms with Crippen molar-refractivity contribution in [2.45, 2.75) is 52.5 Å². The Balaban J connectivity index is 2.66. The largest absolute Gasteiger partial charge is 0.340 e. The average molecular weight is 226 g/mol. The number of amides is 1. The van der Waals surface area contributed by atoms with Crippen LogP contribution in [0.5, 0.6) is 0 Å². The Morgan fingerprint density at radius 1 is 1.38 bits per heavy atom. The molecule has 0 aromatic heterocycles. The number of carbonyl (C=O) groups excluding carboxylic acids is 1. The van der Waals surface area contributed by atoms with Gasteiger partial charge < -0.3 is 10.6 Å². The zero-order chi connectivity index (χ0) is 12.1. The first-order valence-corrected chi connectivity index (χ1v) is 6.62. The van der Waals surface area contributed by atoms with Crippen LogP contribution in [0.25, 0.3) is 0 Å². The lowest BCUT2D eigenvalue weighted by Crippen LogP contribution is -2.45. The second-order valence-electron chi connectivity index (χ2n) is 5.15. The molecule has 1 aliphatic rings. The van der Waals surface area contributed by atoms with Gasteiger partial charge in [0, 0.05) is 19.1 Å². The van der Waals surface area contributed by atoms with E-state index in [2.05, 4.69) is 25.7 Å². The molecule has 1 fully saturated rings. The quantitative estimate of drug-likeness (QED) is 0.779. The molecular weight excluding hydrogens is 200 g/mol. The third-order valence-electron chi connectivity index (χ3n) is 3.77. The topological polar surface area (TPSA) is 46.3 Å². The lowest BCUT2D eigenvalue weighted by atomic mass is 9.93. The summed E-state index contributed by atoms with van der Waals surface area (Å²) >= 11 is 0. The van der Waals surface area contributed by atoms with Gasteiger partial charge in [0.15, 0.2) is 0 Å². The summed E-state index contributed by atoms with van der Waals surface area (Å²) in [4.78, 5) is 14.4. The monoisotopic (exact) mass is 226 g/mol. The van der Waals surface area contributed by atoms with Gasteiger partial charge in [0.25, 0.3) is 0 Å². The Morgan fingerprint density at radius 3 is 2.31 bits per heavy atom. The van der Waals surface area contributed by atoms with Gasteiger partial charge in [-0.1, -0.05) is 26.7 Å². The molecule has 3 heteroatoms. The van der Waals surface area contributed by atoms with E-state index in [0.29, 0.717) is 18.5 Å². The predicted octanol–water partition coefficient (Wildman–Crippen LogP) is 2.01. The molecule has 16 heavy (non-hydrogen) atoms. The molecule has 0 heterocycles. The van der Waals surface area contributed by atoms with Crippen LogP contribution in [0.4, 0.5) is 0 Å². The van der Waals surface area contributed by atoms with Gasteiger partial charge in [-0.25, -0.2) is 0 Å². The van der Waals surface area contributed by atoms with E-state index >= 15 is 0 Å². The van der Waals surface area contributed by atoms with E-state index in [1.807, 2.05) is 0 Å². The van der Waals surface area contributed by atoms with Crippen molar-refractivity contribution < 1.29 is 4.79 Å². The zero-order valence-electron chi connectivity index (χ0n) is 10.9. The van der Waals surface area contributed by atoms with Crippen LogP contribution >= 0.6 is 0 Å². The minimum Gasteiger partial charge on any atom is -0.340 e. The van der Waals surface area contributed by atoms with Crippen LogP contribution in [-0.4, -0.2) is 29.9 Å². The van der Waals surface area contributed by atoms with Crippen molar-refractivity contribution >= 4 is 5.91 Å². The van der Waals surface area contributed by atoms with Gasteiger partial charge in [-0.2, -0.15) is 0 Å². The standard InChI is InChI=1S/C13H26N2O/c1-4-15(11-7-5-6-8-11)13(16)12(9-14)10(2)3/h10-12H,4-9,14H2,1-3H3. The summed E-state index contributed by atoms with van der Waals surface area (Å²) in [5.74, 6) is 0.611. The molecule has 3 nitrogen and oxygen atoms in total. The summed E-state index contributed by atoms with van der Waals surface area (Å²) < 4.78 is 0. The maximum Gasteiger partial charge on any atom is 0.227 e. The molecule has 0 spiro atoms. The highest BCUT2D eigenvalue weighted by molar-refractivity contribution is 5.79. The molecule has 0 bridgehead atoms. The van der Waals surface area contributed by atoms with Crippen molar-refractivity contribution in [2.75, 3.05) is 13.1 Å². The minimum absolute atomic E-state index is 0.000509. The van der Waals surface area contributed by atoms with Crippen molar-refractivity contribution in [3.63, 3.8) is 0 Å².